The zero-order valence-corrected chi connectivity index (χ0v) is 12.8. The highest BCUT2D eigenvalue weighted by Crippen LogP contribution is 2.27. The minimum Gasteiger partial charge on any atom is -0.359 e. The van der Waals surface area contributed by atoms with Crippen molar-refractivity contribution in [1.82, 2.24) is 4.98 Å². The van der Waals surface area contributed by atoms with Gasteiger partial charge in [0.1, 0.15) is 0 Å². The number of anilines is 1. The van der Waals surface area contributed by atoms with Crippen molar-refractivity contribution in [1.29, 1.82) is 0 Å². The summed E-state index contributed by atoms with van der Waals surface area (Å²) in [5, 5.41) is 0.991. The molecule has 2 aromatic carbocycles. The lowest BCUT2D eigenvalue weighted by molar-refractivity contribution is 0.112. The highest BCUT2D eigenvalue weighted by atomic mass is 35.5. The SMILES string of the molecule is O=Cc1c[nH]c2c(NS(=O)(=O)c3cccc(Cl)c3)cccc12. The molecule has 1 heterocycles. The summed E-state index contributed by atoms with van der Waals surface area (Å²) in [5.41, 5.74) is 1.39. The molecule has 0 atom stereocenters. The lowest BCUT2D eigenvalue weighted by atomic mass is 10.2. The summed E-state index contributed by atoms with van der Waals surface area (Å²) in [4.78, 5) is 13.9. The zero-order valence-electron chi connectivity index (χ0n) is 11.2. The molecule has 0 aliphatic rings. The number of aromatic nitrogens is 1. The molecular formula is C15H11ClN2O3S. The van der Waals surface area contributed by atoms with Crippen LogP contribution in [0.3, 0.4) is 0 Å². The van der Waals surface area contributed by atoms with Gasteiger partial charge in [0.2, 0.25) is 0 Å². The van der Waals surface area contributed by atoms with E-state index in [1.165, 1.54) is 18.3 Å². The number of nitrogens with one attached hydrogen (secondary N) is 2. The maximum Gasteiger partial charge on any atom is 0.262 e. The van der Waals surface area contributed by atoms with E-state index in [0.29, 0.717) is 33.5 Å². The topological polar surface area (TPSA) is 79.0 Å². The molecule has 0 amide bonds. The van der Waals surface area contributed by atoms with Crippen LogP contribution in [0.5, 0.6) is 0 Å². The molecule has 0 radical (unpaired) electrons. The number of H-pyrrole nitrogens is 1. The molecule has 0 saturated heterocycles. The quantitative estimate of drug-likeness (QED) is 0.717. The number of fused-ring (bicyclic) bond motifs is 1. The number of sulfonamides is 1. The molecule has 5 nitrogen and oxygen atoms in total. The Morgan fingerprint density at radius 3 is 2.64 bits per heavy atom. The van der Waals surface area contributed by atoms with Gasteiger partial charge in [0, 0.05) is 22.2 Å². The summed E-state index contributed by atoms with van der Waals surface area (Å²) in [7, 11) is -3.77. The van der Waals surface area contributed by atoms with Crippen molar-refractivity contribution in [3.05, 3.63) is 59.2 Å². The van der Waals surface area contributed by atoms with E-state index < -0.39 is 10.0 Å². The maximum absolute atomic E-state index is 12.4. The lowest BCUT2D eigenvalue weighted by Gasteiger charge is -2.09. The number of benzene rings is 2. The maximum atomic E-state index is 12.4. The predicted molar refractivity (Wildman–Crippen MR) is 85.9 cm³/mol. The molecule has 0 saturated carbocycles. The van der Waals surface area contributed by atoms with E-state index in [9.17, 15) is 13.2 Å². The standard InChI is InChI=1S/C15H11ClN2O3S/c16-11-3-1-4-12(7-11)22(20,21)18-14-6-2-5-13-10(9-19)8-17-15(13)14/h1-9,17-18H. The number of aromatic amines is 1. The van der Waals surface area contributed by atoms with Gasteiger partial charge in [-0.2, -0.15) is 0 Å². The van der Waals surface area contributed by atoms with Gasteiger partial charge in [0.15, 0.2) is 6.29 Å². The van der Waals surface area contributed by atoms with Gasteiger partial charge in [-0.05, 0) is 24.3 Å². The summed E-state index contributed by atoms with van der Waals surface area (Å²) >= 11 is 5.83. The summed E-state index contributed by atoms with van der Waals surface area (Å²) in [6.45, 7) is 0. The van der Waals surface area contributed by atoms with Gasteiger partial charge in [-0.25, -0.2) is 8.42 Å². The number of halogens is 1. The number of hydrogen-bond acceptors (Lipinski definition) is 3. The van der Waals surface area contributed by atoms with E-state index in [2.05, 4.69) is 9.71 Å². The Kier molecular flexibility index (Phi) is 3.64. The molecule has 1 aromatic heterocycles. The molecule has 2 N–H and O–H groups in total. The van der Waals surface area contributed by atoms with Gasteiger partial charge >= 0.3 is 0 Å². The third-order valence-corrected chi connectivity index (χ3v) is 4.82. The van der Waals surface area contributed by atoms with Crippen LogP contribution >= 0.6 is 11.6 Å². The van der Waals surface area contributed by atoms with E-state index in [0.717, 1.165) is 0 Å². The molecule has 0 unspecified atom stereocenters. The Labute approximate surface area is 132 Å². The number of carbonyl (C=O) groups excluding carboxylic acids is 1. The van der Waals surface area contributed by atoms with E-state index in [4.69, 9.17) is 11.6 Å². The largest absolute Gasteiger partial charge is 0.359 e. The van der Waals surface area contributed by atoms with Crippen LogP contribution in [-0.2, 0) is 10.0 Å². The summed E-state index contributed by atoms with van der Waals surface area (Å²) < 4.78 is 27.3. The number of hydrogen-bond donors (Lipinski definition) is 2. The average molecular weight is 335 g/mol. The number of aldehydes is 1. The summed E-state index contributed by atoms with van der Waals surface area (Å²) in [6, 6.07) is 11.0. The molecule has 0 aliphatic carbocycles. The zero-order chi connectivity index (χ0) is 15.7. The first-order chi connectivity index (χ1) is 10.5. The predicted octanol–water partition coefficient (Wildman–Crippen LogP) is 3.43. The second-order valence-corrected chi connectivity index (χ2v) is 6.77. The van der Waals surface area contributed by atoms with Crippen LogP contribution in [-0.4, -0.2) is 19.7 Å². The highest BCUT2D eigenvalue weighted by Gasteiger charge is 2.17. The minimum atomic E-state index is -3.77. The monoisotopic (exact) mass is 334 g/mol. The third kappa shape index (κ3) is 2.58. The Bertz CT molecular complexity index is 964. The van der Waals surface area contributed by atoms with Crippen LogP contribution < -0.4 is 4.72 Å². The molecule has 112 valence electrons. The van der Waals surface area contributed by atoms with Gasteiger partial charge in [-0.15, -0.1) is 0 Å². The fraction of sp³-hybridized carbons (Fsp3) is 0. The van der Waals surface area contributed by atoms with Crippen molar-refractivity contribution >= 4 is 44.5 Å². The van der Waals surface area contributed by atoms with Crippen LogP contribution in [0.2, 0.25) is 5.02 Å². The number of rotatable bonds is 4. The Morgan fingerprint density at radius 1 is 1.14 bits per heavy atom. The van der Waals surface area contributed by atoms with Gasteiger partial charge in [-0.1, -0.05) is 29.8 Å². The first kappa shape index (κ1) is 14.6. The van der Waals surface area contributed by atoms with Gasteiger partial charge < -0.3 is 4.98 Å². The second-order valence-electron chi connectivity index (χ2n) is 4.65. The van der Waals surface area contributed by atoms with Gasteiger partial charge in [0.05, 0.1) is 16.1 Å². The van der Waals surface area contributed by atoms with Crippen LogP contribution in [0, 0.1) is 0 Å². The molecule has 7 heteroatoms. The first-order valence-electron chi connectivity index (χ1n) is 6.35. The molecule has 0 bridgehead atoms. The first-order valence-corrected chi connectivity index (χ1v) is 8.21. The number of para-hydroxylation sites is 1. The third-order valence-electron chi connectivity index (χ3n) is 3.23. The smallest absolute Gasteiger partial charge is 0.262 e. The van der Waals surface area contributed by atoms with Gasteiger partial charge in [0.25, 0.3) is 10.0 Å². The summed E-state index contributed by atoms with van der Waals surface area (Å²) in [5.74, 6) is 0. The molecule has 0 aliphatic heterocycles. The summed E-state index contributed by atoms with van der Waals surface area (Å²) in [6.07, 6.45) is 2.25. The molecule has 3 aromatic rings. The van der Waals surface area contributed by atoms with Gasteiger partial charge in [-0.3, -0.25) is 9.52 Å². The molecule has 22 heavy (non-hydrogen) atoms. The van der Waals surface area contributed by atoms with Crippen LogP contribution in [0.1, 0.15) is 10.4 Å². The molecule has 3 rings (SSSR count). The number of carbonyl (C=O) groups is 1. The highest BCUT2D eigenvalue weighted by molar-refractivity contribution is 7.92. The minimum absolute atomic E-state index is 0.0687. The van der Waals surface area contributed by atoms with Crippen molar-refractivity contribution in [3.8, 4) is 0 Å². The molecular weight excluding hydrogens is 324 g/mol. The fourth-order valence-electron chi connectivity index (χ4n) is 2.20. The van der Waals surface area contributed by atoms with Crippen LogP contribution in [0.15, 0.2) is 53.6 Å². The lowest BCUT2D eigenvalue weighted by Crippen LogP contribution is -2.13. The Hall–Kier alpha value is -2.31. The van der Waals surface area contributed by atoms with E-state index in [1.807, 2.05) is 0 Å². The van der Waals surface area contributed by atoms with E-state index in [-0.39, 0.29) is 4.90 Å². The van der Waals surface area contributed by atoms with Crippen molar-refractivity contribution < 1.29 is 13.2 Å². The molecule has 0 fully saturated rings. The Balaban J connectivity index is 2.06. The average Bonchev–Trinajstić information content (AvgIpc) is 2.91. The van der Waals surface area contributed by atoms with Crippen molar-refractivity contribution in [3.63, 3.8) is 0 Å². The van der Waals surface area contributed by atoms with Crippen molar-refractivity contribution in [2.75, 3.05) is 4.72 Å². The fourth-order valence-corrected chi connectivity index (χ4v) is 3.57. The van der Waals surface area contributed by atoms with Crippen molar-refractivity contribution in [2.24, 2.45) is 0 Å². The molecule has 0 spiro atoms. The van der Waals surface area contributed by atoms with E-state index >= 15 is 0 Å². The van der Waals surface area contributed by atoms with Crippen molar-refractivity contribution in [2.45, 2.75) is 4.90 Å². The van der Waals surface area contributed by atoms with E-state index in [1.54, 1.807) is 30.3 Å². The van der Waals surface area contributed by atoms with Crippen LogP contribution in [0.4, 0.5) is 5.69 Å². The second kappa shape index (κ2) is 5.47. The van der Waals surface area contributed by atoms with Crippen LogP contribution in [0.25, 0.3) is 10.9 Å². The Morgan fingerprint density at radius 2 is 1.91 bits per heavy atom. The normalized spacial score (nSPS) is 11.5.